The topological polar surface area (TPSA) is 72.8 Å². The number of rotatable bonds is 5. The molecule has 0 bridgehead atoms. The lowest BCUT2D eigenvalue weighted by Crippen LogP contribution is -2.15. The number of ketones is 1. The van der Waals surface area contributed by atoms with Crippen molar-refractivity contribution < 1.29 is 24.2 Å². The van der Waals surface area contributed by atoms with Crippen molar-refractivity contribution in [2.24, 2.45) is 0 Å². The number of hydrogen-bond donors (Lipinski definition) is 1. The zero-order valence-electron chi connectivity index (χ0n) is 11.7. The Labute approximate surface area is 135 Å². The minimum absolute atomic E-state index is 0.0562. The average Bonchev–Trinajstić information content (AvgIpc) is 2.53. The number of Topliss-reactive ketones (excluding diaryl/α,β-unsaturated/α-hetero) is 1. The van der Waals surface area contributed by atoms with E-state index in [9.17, 15) is 14.7 Å². The van der Waals surface area contributed by atoms with Gasteiger partial charge in [0.05, 0.1) is 7.11 Å². The van der Waals surface area contributed by atoms with Crippen LogP contribution in [0, 0.1) is 0 Å². The fourth-order valence-corrected chi connectivity index (χ4v) is 2.29. The smallest absolute Gasteiger partial charge is 0.342 e. The molecule has 0 aliphatic rings. The lowest BCUT2D eigenvalue weighted by Gasteiger charge is -2.08. The maximum absolute atomic E-state index is 12.0. The molecule has 0 atom stereocenters. The Morgan fingerprint density at radius 2 is 1.86 bits per heavy atom. The summed E-state index contributed by atoms with van der Waals surface area (Å²) in [5.74, 6) is -0.971. The fraction of sp³-hybridized carbons (Fsp3) is 0.125. The van der Waals surface area contributed by atoms with Gasteiger partial charge in [0.1, 0.15) is 17.1 Å². The molecule has 1 N–H and O–H groups in total. The molecule has 22 heavy (non-hydrogen) atoms. The van der Waals surface area contributed by atoms with Gasteiger partial charge in [0, 0.05) is 10.0 Å². The van der Waals surface area contributed by atoms with E-state index in [1.807, 2.05) is 0 Å². The molecule has 5 nitrogen and oxygen atoms in total. The summed E-state index contributed by atoms with van der Waals surface area (Å²) in [6, 6.07) is 11.0. The second-order valence-electron chi connectivity index (χ2n) is 4.36. The third-order valence-corrected chi connectivity index (χ3v) is 3.62. The van der Waals surface area contributed by atoms with Crippen molar-refractivity contribution in [1.29, 1.82) is 0 Å². The molecule has 0 spiro atoms. The molecule has 0 saturated heterocycles. The van der Waals surface area contributed by atoms with Crippen LogP contribution in [-0.2, 0) is 4.74 Å². The number of aromatic hydroxyl groups is 1. The van der Waals surface area contributed by atoms with Crippen LogP contribution in [0.1, 0.15) is 20.7 Å². The Bertz CT molecular complexity index is 711. The van der Waals surface area contributed by atoms with E-state index >= 15 is 0 Å². The molecule has 114 valence electrons. The van der Waals surface area contributed by atoms with E-state index < -0.39 is 12.6 Å². The fourth-order valence-electron chi connectivity index (χ4n) is 1.78. The maximum atomic E-state index is 12.0. The van der Waals surface area contributed by atoms with Crippen LogP contribution < -0.4 is 4.74 Å². The molecule has 0 aliphatic heterocycles. The first-order valence-electron chi connectivity index (χ1n) is 6.34. The van der Waals surface area contributed by atoms with Gasteiger partial charge in [0.15, 0.2) is 6.61 Å². The molecule has 0 aliphatic carbocycles. The number of phenols is 1. The SMILES string of the molecule is COc1ccc(O)c(C(=O)OCC(=O)c2ccccc2Br)c1. The van der Waals surface area contributed by atoms with Crippen LogP contribution in [0.3, 0.4) is 0 Å². The molecule has 0 amide bonds. The number of carbonyl (C=O) groups excluding carboxylic acids is 2. The molecule has 2 rings (SSSR count). The van der Waals surface area contributed by atoms with E-state index in [0.717, 1.165) is 0 Å². The highest BCUT2D eigenvalue weighted by molar-refractivity contribution is 9.10. The highest BCUT2D eigenvalue weighted by Crippen LogP contribution is 2.24. The van der Waals surface area contributed by atoms with Gasteiger partial charge in [-0.05, 0) is 24.3 Å². The van der Waals surface area contributed by atoms with Crippen molar-refractivity contribution in [3.05, 3.63) is 58.1 Å². The van der Waals surface area contributed by atoms with Gasteiger partial charge in [-0.15, -0.1) is 0 Å². The number of halogens is 1. The van der Waals surface area contributed by atoms with Crippen LogP contribution in [0.15, 0.2) is 46.9 Å². The minimum Gasteiger partial charge on any atom is -0.507 e. The Morgan fingerprint density at radius 1 is 1.14 bits per heavy atom. The molecule has 0 unspecified atom stereocenters. The molecule has 0 heterocycles. The summed E-state index contributed by atoms with van der Waals surface area (Å²) < 4.78 is 10.6. The lowest BCUT2D eigenvalue weighted by molar-refractivity contribution is 0.0471. The van der Waals surface area contributed by atoms with Gasteiger partial charge >= 0.3 is 5.97 Å². The summed E-state index contributed by atoms with van der Waals surface area (Å²) in [5, 5.41) is 9.68. The van der Waals surface area contributed by atoms with Gasteiger partial charge in [-0.2, -0.15) is 0 Å². The summed E-state index contributed by atoms with van der Waals surface area (Å²) in [6.07, 6.45) is 0. The molecule has 0 radical (unpaired) electrons. The standard InChI is InChI=1S/C16H13BrO5/c1-21-10-6-7-14(18)12(8-10)16(20)22-9-15(19)11-4-2-3-5-13(11)17/h2-8,18H,9H2,1H3. The minimum atomic E-state index is -0.795. The average molecular weight is 365 g/mol. The summed E-state index contributed by atoms with van der Waals surface area (Å²) in [6.45, 7) is -0.419. The third kappa shape index (κ3) is 3.65. The van der Waals surface area contributed by atoms with Gasteiger partial charge in [-0.1, -0.05) is 34.1 Å². The molecule has 2 aromatic carbocycles. The number of phenolic OH excluding ortho intramolecular Hbond substituents is 1. The molecule has 0 aromatic heterocycles. The van der Waals surface area contributed by atoms with Gasteiger partial charge in [-0.25, -0.2) is 4.79 Å². The van der Waals surface area contributed by atoms with Gasteiger partial charge in [0.2, 0.25) is 5.78 Å². The van der Waals surface area contributed by atoms with Crippen LogP contribution in [0.25, 0.3) is 0 Å². The molecule has 2 aromatic rings. The Kier molecular flexibility index (Phi) is 5.16. The van der Waals surface area contributed by atoms with Crippen LogP contribution in [0.2, 0.25) is 0 Å². The quantitative estimate of drug-likeness (QED) is 0.651. The zero-order valence-corrected chi connectivity index (χ0v) is 13.3. The molecular weight excluding hydrogens is 352 g/mol. The first-order valence-corrected chi connectivity index (χ1v) is 7.14. The number of carbonyl (C=O) groups is 2. The highest BCUT2D eigenvalue weighted by Gasteiger charge is 2.17. The predicted molar refractivity (Wildman–Crippen MR) is 83.4 cm³/mol. The van der Waals surface area contributed by atoms with Gasteiger partial charge in [-0.3, -0.25) is 4.79 Å². The van der Waals surface area contributed by atoms with Crippen molar-refractivity contribution in [2.75, 3.05) is 13.7 Å². The van der Waals surface area contributed by atoms with Crippen molar-refractivity contribution in [2.45, 2.75) is 0 Å². The molecule has 6 heteroatoms. The molecule has 0 fully saturated rings. The summed E-state index contributed by atoms with van der Waals surface area (Å²) in [5.41, 5.74) is 0.365. The van der Waals surface area contributed by atoms with Gasteiger partial charge in [0.25, 0.3) is 0 Å². The number of methoxy groups -OCH3 is 1. The summed E-state index contributed by atoms with van der Waals surface area (Å²) in [7, 11) is 1.44. The Balaban J connectivity index is 2.07. The predicted octanol–water partition coefficient (Wildman–Crippen LogP) is 3.20. The Hall–Kier alpha value is -2.34. The third-order valence-electron chi connectivity index (χ3n) is 2.93. The first-order chi connectivity index (χ1) is 10.5. The number of esters is 1. The first kappa shape index (κ1) is 16.0. The number of hydrogen-bond acceptors (Lipinski definition) is 5. The zero-order chi connectivity index (χ0) is 16.1. The Morgan fingerprint density at radius 3 is 2.55 bits per heavy atom. The molecule has 0 saturated carbocycles. The number of ether oxygens (including phenoxy) is 2. The van der Waals surface area contributed by atoms with E-state index in [0.29, 0.717) is 15.8 Å². The monoisotopic (exact) mass is 364 g/mol. The summed E-state index contributed by atoms with van der Waals surface area (Å²) >= 11 is 3.26. The molecular formula is C16H13BrO5. The van der Waals surface area contributed by atoms with Crippen LogP contribution in [-0.4, -0.2) is 30.6 Å². The lowest BCUT2D eigenvalue weighted by atomic mass is 10.1. The van der Waals surface area contributed by atoms with Crippen LogP contribution in [0.5, 0.6) is 11.5 Å². The van der Waals surface area contributed by atoms with Gasteiger partial charge < -0.3 is 14.6 Å². The number of benzene rings is 2. The van der Waals surface area contributed by atoms with Crippen LogP contribution >= 0.6 is 15.9 Å². The second-order valence-corrected chi connectivity index (χ2v) is 5.22. The van der Waals surface area contributed by atoms with E-state index in [2.05, 4.69) is 15.9 Å². The largest absolute Gasteiger partial charge is 0.507 e. The van der Waals surface area contributed by atoms with Crippen molar-refractivity contribution >= 4 is 27.7 Å². The summed E-state index contributed by atoms with van der Waals surface area (Å²) in [4.78, 5) is 24.0. The van der Waals surface area contributed by atoms with Crippen molar-refractivity contribution in [3.63, 3.8) is 0 Å². The second kappa shape index (κ2) is 7.09. The van der Waals surface area contributed by atoms with Crippen LogP contribution in [0.4, 0.5) is 0 Å². The van der Waals surface area contributed by atoms with E-state index in [4.69, 9.17) is 9.47 Å². The van der Waals surface area contributed by atoms with E-state index in [-0.39, 0.29) is 17.1 Å². The normalized spacial score (nSPS) is 10.1. The van der Waals surface area contributed by atoms with Crippen molar-refractivity contribution in [3.8, 4) is 11.5 Å². The van der Waals surface area contributed by atoms with E-state index in [1.165, 1.54) is 25.3 Å². The highest BCUT2D eigenvalue weighted by atomic mass is 79.9. The maximum Gasteiger partial charge on any atom is 0.342 e. The van der Waals surface area contributed by atoms with E-state index in [1.54, 1.807) is 24.3 Å². The van der Waals surface area contributed by atoms with Crippen molar-refractivity contribution in [1.82, 2.24) is 0 Å².